The highest BCUT2D eigenvalue weighted by atomic mass is 79.9. The predicted molar refractivity (Wildman–Crippen MR) is 97.1 cm³/mol. The Morgan fingerprint density at radius 2 is 2.11 bits per heavy atom. The molecule has 0 fully saturated rings. The first-order valence-electron chi connectivity index (χ1n) is 8.64. The van der Waals surface area contributed by atoms with Gasteiger partial charge < -0.3 is 14.2 Å². The molecule has 2 aromatic rings. The second-order valence-electron chi connectivity index (χ2n) is 6.68. The van der Waals surface area contributed by atoms with E-state index >= 15 is 0 Å². The fourth-order valence-electron chi connectivity index (χ4n) is 3.74. The number of fused-ring (bicyclic) bond motifs is 2. The first-order valence-corrected chi connectivity index (χ1v) is 9.43. The zero-order valence-corrected chi connectivity index (χ0v) is 16.1. The lowest BCUT2D eigenvalue weighted by Crippen LogP contribution is -2.09. The molecule has 0 aromatic heterocycles. The fraction of sp³-hybridized carbons (Fsp3) is 0.350. The number of benzene rings is 2. The van der Waals surface area contributed by atoms with E-state index in [0.717, 1.165) is 11.6 Å². The van der Waals surface area contributed by atoms with Crippen LogP contribution in [0.4, 0.5) is 8.78 Å². The van der Waals surface area contributed by atoms with Crippen molar-refractivity contribution in [3.63, 3.8) is 0 Å². The Labute approximate surface area is 163 Å². The summed E-state index contributed by atoms with van der Waals surface area (Å²) in [4.78, 5) is 11.5. The highest BCUT2D eigenvalue weighted by molar-refractivity contribution is 9.10. The van der Waals surface area contributed by atoms with Gasteiger partial charge in [-0.05, 0) is 40.4 Å². The molecule has 0 bridgehead atoms. The minimum atomic E-state index is -0.602. The van der Waals surface area contributed by atoms with Gasteiger partial charge in [0.15, 0.2) is 0 Å². The first-order chi connectivity index (χ1) is 13.0. The van der Waals surface area contributed by atoms with Gasteiger partial charge in [0.2, 0.25) is 0 Å². The van der Waals surface area contributed by atoms with Gasteiger partial charge in [-0.25, -0.2) is 8.78 Å². The van der Waals surface area contributed by atoms with Crippen molar-refractivity contribution in [2.75, 3.05) is 13.7 Å². The minimum absolute atomic E-state index is 0.0509. The van der Waals surface area contributed by atoms with Crippen molar-refractivity contribution in [2.24, 2.45) is 0 Å². The Kier molecular flexibility index (Phi) is 4.80. The van der Waals surface area contributed by atoms with Gasteiger partial charge in [-0.15, -0.1) is 0 Å². The molecule has 2 atom stereocenters. The van der Waals surface area contributed by atoms with Crippen LogP contribution in [0.2, 0.25) is 0 Å². The van der Waals surface area contributed by atoms with Crippen LogP contribution in [0.15, 0.2) is 28.7 Å². The molecule has 1 aliphatic heterocycles. The Morgan fingerprint density at radius 3 is 2.89 bits per heavy atom. The lowest BCUT2D eigenvalue weighted by molar-refractivity contribution is -0.141. The highest BCUT2D eigenvalue weighted by Crippen LogP contribution is 2.43. The van der Waals surface area contributed by atoms with Gasteiger partial charge in [0, 0.05) is 29.2 Å². The van der Waals surface area contributed by atoms with Crippen LogP contribution < -0.4 is 9.47 Å². The molecule has 0 N–H and O–H groups in total. The maximum Gasteiger partial charge on any atom is 0.306 e. The van der Waals surface area contributed by atoms with Crippen LogP contribution in [0.25, 0.3) is 0 Å². The van der Waals surface area contributed by atoms with E-state index in [1.165, 1.54) is 7.11 Å². The summed E-state index contributed by atoms with van der Waals surface area (Å²) in [6, 6.07) is 6.28. The molecule has 1 heterocycles. The number of ether oxygens (including phenoxy) is 3. The first kappa shape index (κ1) is 18.2. The van der Waals surface area contributed by atoms with Gasteiger partial charge in [0.25, 0.3) is 0 Å². The van der Waals surface area contributed by atoms with Crippen molar-refractivity contribution >= 4 is 21.9 Å². The molecule has 0 radical (unpaired) electrons. The van der Waals surface area contributed by atoms with Crippen LogP contribution >= 0.6 is 15.9 Å². The molecule has 27 heavy (non-hydrogen) atoms. The summed E-state index contributed by atoms with van der Waals surface area (Å²) in [5.41, 5.74) is 1.94. The average Bonchev–Trinajstić information content (AvgIpc) is 3.24. The van der Waals surface area contributed by atoms with Crippen LogP contribution in [-0.2, 0) is 16.0 Å². The topological polar surface area (TPSA) is 44.8 Å². The van der Waals surface area contributed by atoms with Crippen LogP contribution in [-0.4, -0.2) is 19.7 Å². The number of hydrogen-bond acceptors (Lipinski definition) is 4. The maximum absolute atomic E-state index is 14.3. The molecule has 1 unspecified atom stereocenters. The number of esters is 1. The summed E-state index contributed by atoms with van der Waals surface area (Å²) in [7, 11) is 1.36. The quantitative estimate of drug-likeness (QED) is 0.506. The Morgan fingerprint density at radius 1 is 1.30 bits per heavy atom. The second kappa shape index (κ2) is 7.11. The molecule has 7 heteroatoms. The monoisotopic (exact) mass is 438 g/mol. The molecule has 142 valence electrons. The van der Waals surface area contributed by atoms with Crippen LogP contribution in [0, 0.1) is 11.6 Å². The van der Waals surface area contributed by atoms with Crippen molar-refractivity contribution in [3.05, 3.63) is 57.1 Å². The number of hydrogen-bond donors (Lipinski definition) is 0. The van der Waals surface area contributed by atoms with Crippen LogP contribution in [0.1, 0.15) is 41.6 Å². The molecule has 2 aromatic carbocycles. The van der Waals surface area contributed by atoms with E-state index in [9.17, 15) is 13.6 Å². The van der Waals surface area contributed by atoms with E-state index in [0.29, 0.717) is 46.5 Å². The second-order valence-corrected chi connectivity index (χ2v) is 7.47. The minimum Gasteiger partial charge on any atom is -0.492 e. The molecule has 1 aliphatic carbocycles. The molecule has 0 saturated heterocycles. The van der Waals surface area contributed by atoms with E-state index in [4.69, 9.17) is 14.2 Å². The summed E-state index contributed by atoms with van der Waals surface area (Å²) in [6.07, 6.45) is 0.877. The SMILES string of the molecule is COC(=O)CC1COc2cc(O[C@@H]3CCc4c(Br)c(F)cc(F)c43)ccc21. The van der Waals surface area contributed by atoms with Crippen LogP contribution in [0.3, 0.4) is 0 Å². The summed E-state index contributed by atoms with van der Waals surface area (Å²) < 4.78 is 44.7. The molecule has 0 saturated carbocycles. The van der Waals surface area contributed by atoms with E-state index < -0.39 is 17.7 Å². The third kappa shape index (κ3) is 3.29. The number of carbonyl (C=O) groups excluding carboxylic acids is 1. The highest BCUT2D eigenvalue weighted by Gasteiger charge is 2.32. The van der Waals surface area contributed by atoms with E-state index in [2.05, 4.69) is 15.9 Å². The van der Waals surface area contributed by atoms with E-state index in [1.807, 2.05) is 6.07 Å². The standard InChI is InChI=1S/C20H17BrF2O4/c1-25-18(24)6-10-9-26-17-7-11(2-3-12(10)17)27-16-5-4-13-19(16)14(22)8-15(23)20(13)21/h2-3,7-8,10,16H,4-6,9H2,1H3/t10?,16-/m1/s1. The van der Waals surface area contributed by atoms with Crippen molar-refractivity contribution in [2.45, 2.75) is 31.3 Å². The molecular formula is C20H17BrF2O4. The normalized spacial score (nSPS) is 20.0. The molecule has 4 nitrogen and oxygen atoms in total. The Bertz CT molecular complexity index is 915. The van der Waals surface area contributed by atoms with Gasteiger partial charge in [-0.3, -0.25) is 4.79 Å². The summed E-state index contributed by atoms with van der Waals surface area (Å²) in [5.74, 6) is -0.332. The molecule has 0 amide bonds. The molecule has 0 spiro atoms. The fourth-order valence-corrected chi connectivity index (χ4v) is 4.26. The van der Waals surface area contributed by atoms with Crippen molar-refractivity contribution in [1.29, 1.82) is 0 Å². The lowest BCUT2D eigenvalue weighted by atomic mass is 9.98. The van der Waals surface area contributed by atoms with Crippen molar-refractivity contribution < 1.29 is 27.8 Å². The van der Waals surface area contributed by atoms with Gasteiger partial charge >= 0.3 is 5.97 Å². The van der Waals surface area contributed by atoms with Gasteiger partial charge in [-0.2, -0.15) is 0 Å². The average molecular weight is 439 g/mol. The van der Waals surface area contributed by atoms with E-state index in [-0.39, 0.29) is 18.3 Å². The Hall–Kier alpha value is -2.15. The smallest absolute Gasteiger partial charge is 0.306 e. The summed E-state index contributed by atoms with van der Waals surface area (Å²) in [5, 5.41) is 0. The zero-order chi connectivity index (χ0) is 19.1. The largest absolute Gasteiger partial charge is 0.492 e. The zero-order valence-electron chi connectivity index (χ0n) is 14.6. The lowest BCUT2D eigenvalue weighted by Gasteiger charge is -2.17. The van der Waals surface area contributed by atoms with Gasteiger partial charge in [-0.1, -0.05) is 6.07 Å². The predicted octanol–water partition coefficient (Wildman–Crippen LogP) is 4.83. The molecule has 2 aliphatic rings. The van der Waals surface area contributed by atoms with Crippen LogP contribution in [0.5, 0.6) is 11.5 Å². The van der Waals surface area contributed by atoms with Crippen molar-refractivity contribution in [1.82, 2.24) is 0 Å². The number of rotatable bonds is 4. The Balaban J connectivity index is 1.55. The van der Waals surface area contributed by atoms with E-state index in [1.54, 1.807) is 12.1 Å². The third-order valence-electron chi connectivity index (χ3n) is 5.07. The molecular weight excluding hydrogens is 422 g/mol. The van der Waals surface area contributed by atoms with Gasteiger partial charge in [0.1, 0.15) is 29.2 Å². The van der Waals surface area contributed by atoms with Gasteiger partial charge in [0.05, 0.1) is 24.6 Å². The number of methoxy groups -OCH3 is 1. The summed E-state index contributed by atoms with van der Waals surface area (Å²) in [6.45, 7) is 0.404. The molecule has 4 rings (SSSR count). The third-order valence-corrected chi connectivity index (χ3v) is 5.93. The van der Waals surface area contributed by atoms with Crippen molar-refractivity contribution in [3.8, 4) is 11.5 Å². The summed E-state index contributed by atoms with van der Waals surface area (Å²) >= 11 is 3.20. The number of carbonyl (C=O) groups is 1. The number of halogens is 3. The maximum atomic E-state index is 14.3.